The number of para-hydroxylation sites is 1. The van der Waals surface area contributed by atoms with Crippen molar-refractivity contribution in [2.24, 2.45) is 10.9 Å². The molecule has 6 heteroatoms. The lowest BCUT2D eigenvalue weighted by Gasteiger charge is -2.30. The summed E-state index contributed by atoms with van der Waals surface area (Å²) in [5.41, 5.74) is 1.93. The molecule has 3 aliphatic rings. The number of ether oxygens (including phenoxy) is 2. The maximum Gasteiger partial charge on any atom is 0.286 e. The Kier molecular flexibility index (Phi) is 5.00. The van der Waals surface area contributed by atoms with E-state index in [4.69, 9.17) is 9.47 Å². The van der Waals surface area contributed by atoms with E-state index in [9.17, 15) is 4.79 Å². The Morgan fingerprint density at radius 3 is 2.81 bits per heavy atom. The van der Waals surface area contributed by atoms with E-state index in [1.165, 1.54) is 11.8 Å². The number of likely N-dealkylation sites (tertiary alicyclic amines) is 1. The van der Waals surface area contributed by atoms with Gasteiger partial charge in [0.25, 0.3) is 5.91 Å². The van der Waals surface area contributed by atoms with E-state index in [0.29, 0.717) is 4.91 Å². The van der Waals surface area contributed by atoms with Gasteiger partial charge in [-0.15, -0.1) is 0 Å². The van der Waals surface area contributed by atoms with Crippen LogP contribution in [-0.4, -0.2) is 42.3 Å². The minimum absolute atomic E-state index is 0.154. The van der Waals surface area contributed by atoms with E-state index in [-0.39, 0.29) is 12.0 Å². The zero-order valence-electron chi connectivity index (χ0n) is 15.9. The van der Waals surface area contributed by atoms with Gasteiger partial charge in [0.2, 0.25) is 0 Å². The zero-order valence-corrected chi connectivity index (χ0v) is 16.7. The van der Waals surface area contributed by atoms with Crippen LogP contribution in [0, 0.1) is 5.92 Å². The molecule has 0 aromatic heterocycles. The highest BCUT2D eigenvalue weighted by atomic mass is 32.2. The molecule has 0 aliphatic carbocycles. The highest BCUT2D eigenvalue weighted by Gasteiger charge is 2.29. The number of piperidine rings is 1. The molecule has 1 amide bonds. The summed E-state index contributed by atoms with van der Waals surface area (Å²) in [4.78, 5) is 19.6. The summed E-state index contributed by atoms with van der Waals surface area (Å²) in [6, 6.07) is 5.81. The Bertz CT molecular complexity index is 851. The fraction of sp³-hybridized carbons (Fsp3) is 0.429. The molecule has 3 heterocycles. The molecule has 0 N–H and O–H groups in total. The van der Waals surface area contributed by atoms with Gasteiger partial charge >= 0.3 is 0 Å². The molecule has 0 radical (unpaired) electrons. The second kappa shape index (κ2) is 7.43. The van der Waals surface area contributed by atoms with Crippen molar-refractivity contribution in [2.75, 3.05) is 20.2 Å². The molecule has 1 unspecified atom stereocenters. The largest absolute Gasteiger partial charge is 0.493 e. The van der Waals surface area contributed by atoms with Crippen LogP contribution < -0.4 is 9.47 Å². The molecule has 0 saturated carbocycles. The number of hydrogen-bond acceptors (Lipinski definition) is 5. The second-order valence-electron chi connectivity index (χ2n) is 7.26. The van der Waals surface area contributed by atoms with E-state index in [0.717, 1.165) is 59.7 Å². The van der Waals surface area contributed by atoms with Crippen LogP contribution in [0.25, 0.3) is 6.08 Å². The number of fused-ring (bicyclic) bond motifs is 1. The summed E-state index contributed by atoms with van der Waals surface area (Å²) in [5, 5.41) is 0.838. The molecule has 3 aliphatic heterocycles. The van der Waals surface area contributed by atoms with Crippen molar-refractivity contribution < 1.29 is 14.3 Å². The zero-order chi connectivity index (χ0) is 19.0. The summed E-state index contributed by atoms with van der Waals surface area (Å²) in [6.45, 7) is 6.21. The highest BCUT2D eigenvalue weighted by Crippen LogP contribution is 2.39. The molecule has 1 fully saturated rings. The number of benzene rings is 1. The van der Waals surface area contributed by atoms with Gasteiger partial charge in [-0.3, -0.25) is 4.79 Å². The highest BCUT2D eigenvalue weighted by molar-refractivity contribution is 8.18. The predicted molar refractivity (Wildman–Crippen MR) is 109 cm³/mol. The van der Waals surface area contributed by atoms with E-state index >= 15 is 0 Å². The molecule has 1 saturated heterocycles. The minimum atomic E-state index is -0.158. The Balaban J connectivity index is 1.55. The van der Waals surface area contributed by atoms with Crippen LogP contribution in [-0.2, 0) is 4.79 Å². The number of aliphatic imine (C=N–C) groups is 1. The number of amidine groups is 1. The first kappa shape index (κ1) is 18.2. The molecule has 142 valence electrons. The molecule has 1 atom stereocenters. The summed E-state index contributed by atoms with van der Waals surface area (Å²) in [6.07, 6.45) is 6.13. The molecular weight excluding hydrogens is 360 g/mol. The quantitative estimate of drug-likeness (QED) is 0.719. The average molecular weight is 385 g/mol. The number of hydrogen-bond donors (Lipinski definition) is 0. The van der Waals surface area contributed by atoms with Crippen molar-refractivity contribution in [1.82, 2.24) is 4.90 Å². The van der Waals surface area contributed by atoms with Crippen molar-refractivity contribution in [2.45, 2.75) is 32.8 Å². The normalized spacial score (nSPS) is 24.4. The van der Waals surface area contributed by atoms with Gasteiger partial charge < -0.3 is 14.4 Å². The molecule has 1 aromatic carbocycles. The van der Waals surface area contributed by atoms with Gasteiger partial charge in [0.15, 0.2) is 16.7 Å². The van der Waals surface area contributed by atoms with Gasteiger partial charge in [0.05, 0.1) is 12.0 Å². The predicted octanol–water partition coefficient (Wildman–Crippen LogP) is 4.10. The van der Waals surface area contributed by atoms with Gasteiger partial charge in [0, 0.05) is 18.7 Å². The standard InChI is InChI=1S/C21H24N2O3S/c1-13-7-9-23(10-8-13)21-22-20(24)18(27-21)12-16-11-15-5-4-6-17(25-3)19(15)26-14(16)2/h4-6,11-14H,7-10H2,1-3H3. The fourth-order valence-electron chi connectivity index (χ4n) is 3.52. The summed E-state index contributed by atoms with van der Waals surface area (Å²) < 4.78 is 11.4. The van der Waals surface area contributed by atoms with Gasteiger partial charge in [-0.05, 0) is 61.2 Å². The van der Waals surface area contributed by atoms with Gasteiger partial charge in [-0.2, -0.15) is 4.99 Å². The third-order valence-electron chi connectivity index (χ3n) is 5.28. The van der Waals surface area contributed by atoms with Crippen molar-refractivity contribution in [3.63, 3.8) is 0 Å². The summed E-state index contributed by atoms with van der Waals surface area (Å²) >= 11 is 1.48. The van der Waals surface area contributed by atoms with Crippen LogP contribution >= 0.6 is 11.8 Å². The van der Waals surface area contributed by atoms with Crippen LogP contribution in [0.3, 0.4) is 0 Å². The number of carbonyl (C=O) groups excluding carboxylic acids is 1. The maximum atomic E-state index is 12.4. The Morgan fingerprint density at radius 2 is 2.07 bits per heavy atom. The van der Waals surface area contributed by atoms with Crippen LogP contribution in [0.2, 0.25) is 0 Å². The lowest BCUT2D eigenvalue weighted by molar-refractivity contribution is -0.113. The molecule has 0 bridgehead atoms. The molecule has 1 aromatic rings. The van der Waals surface area contributed by atoms with E-state index in [2.05, 4.69) is 22.9 Å². The number of rotatable bonds is 2. The second-order valence-corrected chi connectivity index (χ2v) is 8.27. The first-order valence-electron chi connectivity index (χ1n) is 9.38. The van der Waals surface area contributed by atoms with E-state index < -0.39 is 0 Å². The van der Waals surface area contributed by atoms with Crippen LogP contribution in [0.4, 0.5) is 0 Å². The number of carbonyl (C=O) groups is 1. The third kappa shape index (κ3) is 3.63. The van der Waals surface area contributed by atoms with E-state index in [1.54, 1.807) is 7.11 Å². The Morgan fingerprint density at radius 1 is 1.30 bits per heavy atom. The summed E-state index contributed by atoms with van der Waals surface area (Å²) in [7, 11) is 1.64. The molecule has 5 nitrogen and oxygen atoms in total. The maximum absolute atomic E-state index is 12.4. The molecule has 0 spiro atoms. The smallest absolute Gasteiger partial charge is 0.286 e. The fourth-order valence-corrected chi connectivity index (χ4v) is 4.48. The number of nitrogens with zero attached hydrogens (tertiary/aromatic N) is 2. The Hall–Kier alpha value is -2.21. The number of thioether (sulfide) groups is 1. The average Bonchev–Trinajstić information content (AvgIpc) is 3.03. The monoisotopic (exact) mass is 384 g/mol. The van der Waals surface area contributed by atoms with Crippen molar-refractivity contribution in [3.05, 3.63) is 40.3 Å². The number of amides is 1. The molecule has 4 rings (SSSR count). The third-order valence-corrected chi connectivity index (χ3v) is 6.32. The first-order chi connectivity index (χ1) is 13.0. The molecular formula is C21H24N2O3S. The van der Waals surface area contributed by atoms with Gasteiger partial charge in [0.1, 0.15) is 6.10 Å². The van der Waals surface area contributed by atoms with Crippen molar-refractivity contribution in [1.29, 1.82) is 0 Å². The van der Waals surface area contributed by atoms with Crippen molar-refractivity contribution in [3.8, 4) is 11.5 Å². The number of methoxy groups -OCH3 is 1. The van der Waals surface area contributed by atoms with Gasteiger partial charge in [-0.25, -0.2) is 0 Å². The van der Waals surface area contributed by atoms with Gasteiger partial charge in [-0.1, -0.05) is 19.1 Å². The summed E-state index contributed by atoms with van der Waals surface area (Å²) in [5.74, 6) is 2.07. The van der Waals surface area contributed by atoms with Crippen LogP contribution in [0.5, 0.6) is 11.5 Å². The van der Waals surface area contributed by atoms with Crippen molar-refractivity contribution >= 4 is 28.9 Å². The molecule has 27 heavy (non-hydrogen) atoms. The lowest BCUT2D eigenvalue weighted by Crippen LogP contribution is -2.35. The minimum Gasteiger partial charge on any atom is -0.493 e. The van der Waals surface area contributed by atoms with Crippen LogP contribution in [0.15, 0.2) is 39.7 Å². The topological polar surface area (TPSA) is 51.1 Å². The van der Waals surface area contributed by atoms with Crippen LogP contribution in [0.1, 0.15) is 32.3 Å². The first-order valence-corrected chi connectivity index (χ1v) is 10.2. The SMILES string of the molecule is COc1cccc2c1OC(C)C(C=C1SC(N3CCC(C)CC3)=NC1=O)=C2. The Labute approximate surface area is 164 Å². The van der Waals surface area contributed by atoms with E-state index in [1.807, 2.05) is 31.2 Å². The lowest BCUT2D eigenvalue weighted by atomic mass is 10.00.